The van der Waals surface area contributed by atoms with Gasteiger partial charge in [0.15, 0.2) is 0 Å². The van der Waals surface area contributed by atoms with Crippen molar-refractivity contribution in [2.45, 2.75) is 25.7 Å². The fourth-order valence-electron chi connectivity index (χ4n) is 2.22. The van der Waals surface area contributed by atoms with E-state index in [0.29, 0.717) is 4.99 Å². The van der Waals surface area contributed by atoms with Crippen molar-refractivity contribution in [2.75, 3.05) is 25.6 Å². The molecule has 0 radical (unpaired) electrons. The lowest BCUT2D eigenvalue weighted by atomic mass is 10.1. The van der Waals surface area contributed by atoms with Gasteiger partial charge in [-0.2, -0.15) is 0 Å². The summed E-state index contributed by atoms with van der Waals surface area (Å²) >= 11 is 5.10. The van der Waals surface area contributed by atoms with E-state index in [-0.39, 0.29) is 0 Å². The minimum Gasteiger partial charge on any atom is -0.389 e. The number of aromatic nitrogens is 1. The summed E-state index contributed by atoms with van der Waals surface area (Å²) in [6.45, 7) is 1.55. The van der Waals surface area contributed by atoms with E-state index in [1.807, 2.05) is 0 Å². The SMILES string of the molecule is COCCCNc1nc2c(cc1C(N)=S)CCC2. The van der Waals surface area contributed by atoms with E-state index in [9.17, 15) is 0 Å². The number of pyridine rings is 1. The van der Waals surface area contributed by atoms with Crippen molar-refractivity contribution in [3.63, 3.8) is 0 Å². The number of fused-ring (bicyclic) bond motifs is 1. The molecule has 0 saturated carbocycles. The minimum absolute atomic E-state index is 0.409. The fourth-order valence-corrected chi connectivity index (χ4v) is 2.37. The average Bonchev–Trinajstić information content (AvgIpc) is 2.80. The number of aryl methyl sites for hydroxylation is 2. The smallest absolute Gasteiger partial charge is 0.136 e. The number of hydrogen-bond donors (Lipinski definition) is 2. The Morgan fingerprint density at radius 2 is 2.39 bits per heavy atom. The number of nitrogens with two attached hydrogens (primary N) is 1. The van der Waals surface area contributed by atoms with Crippen LogP contribution in [0.4, 0.5) is 5.82 Å². The molecular formula is C13H19N3OS. The predicted octanol–water partition coefficient (Wildman–Crippen LogP) is 1.65. The van der Waals surface area contributed by atoms with Crippen molar-refractivity contribution in [3.8, 4) is 0 Å². The number of nitrogens with one attached hydrogen (secondary N) is 1. The molecule has 0 aliphatic heterocycles. The molecule has 0 spiro atoms. The molecule has 4 nitrogen and oxygen atoms in total. The lowest BCUT2D eigenvalue weighted by Crippen LogP contribution is -2.16. The van der Waals surface area contributed by atoms with E-state index in [1.54, 1.807) is 7.11 Å². The van der Waals surface area contributed by atoms with Crippen molar-refractivity contribution < 1.29 is 4.74 Å². The second-order valence-corrected chi connectivity index (χ2v) is 4.92. The standard InChI is InChI=1S/C13H19N3OS/c1-17-7-3-6-15-13-10(12(14)18)8-9-4-2-5-11(9)16-13/h8H,2-7H2,1H3,(H2,14,18)(H,15,16). The molecule has 0 saturated heterocycles. The van der Waals surface area contributed by atoms with E-state index < -0.39 is 0 Å². The molecule has 98 valence electrons. The second-order valence-electron chi connectivity index (χ2n) is 4.48. The number of rotatable bonds is 6. The number of nitrogens with zero attached hydrogens (tertiary/aromatic N) is 1. The first kappa shape index (κ1) is 13.2. The molecule has 1 aliphatic rings. The Kier molecular flexibility index (Phi) is 4.49. The molecule has 5 heteroatoms. The summed E-state index contributed by atoms with van der Waals surface area (Å²) in [5.41, 5.74) is 9.11. The molecule has 18 heavy (non-hydrogen) atoms. The summed E-state index contributed by atoms with van der Waals surface area (Å²) in [6, 6.07) is 2.09. The van der Waals surface area contributed by atoms with Gasteiger partial charge >= 0.3 is 0 Å². The highest BCUT2D eigenvalue weighted by atomic mass is 32.1. The Labute approximate surface area is 113 Å². The van der Waals surface area contributed by atoms with Crippen LogP contribution in [0.25, 0.3) is 0 Å². The molecule has 0 aromatic carbocycles. The van der Waals surface area contributed by atoms with Gasteiger partial charge in [-0.3, -0.25) is 0 Å². The number of thiocarbonyl (C=S) groups is 1. The van der Waals surface area contributed by atoms with Crippen LogP contribution in [0.2, 0.25) is 0 Å². The van der Waals surface area contributed by atoms with Gasteiger partial charge in [0.1, 0.15) is 10.8 Å². The molecule has 1 aromatic rings. The molecule has 0 bridgehead atoms. The molecular weight excluding hydrogens is 246 g/mol. The summed E-state index contributed by atoms with van der Waals surface area (Å²) in [5, 5.41) is 3.30. The van der Waals surface area contributed by atoms with Gasteiger partial charge in [-0.05, 0) is 37.3 Å². The van der Waals surface area contributed by atoms with Crippen molar-refractivity contribution in [1.29, 1.82) is 0 Å². The van der Waals surface area contributed by atoms with Crippen LogP contribution >= 0.6 is 12.2 Å². The second kappa shape index (κ2) is 6.11. The first-order valence-electron chi connectivity index (χ1n) is 6.27. The molecule has 1 heterocycles. The third kappa shape index (κ3) is 2.97. The van der Waals surface area contributed by atoms with Gasteiger partial charge in [-0.1, -0.05) is 12.2 Å². The Bertz CT molecular complexity index is 448. The lowest BCUT2D eigenvalue weighted by Gasteiger charge is -2.12. The van der Waals surface area contributed by atoms with E-state index in [4.69, 9.17) is 22.7 Å². The van der Waals surface area contributed by atoms with E-state index in [2.05, 4.69) is 16.4 Å². The molecule has 0 unspecified atom stereocenters. The van der Waals surface area contributed by atoms with Gasteiger partial charge in [0.2, 0.25) is 0 Å². The molecule has 2 rings (SSSR count). The Balaban J connectivity index is 2.14. The molecule has 0 atom stereocenters. The summed E-state index contributed by atoms with van der Waals surface area (Å²) < 4.78 is 5.02. The maximum atomic E-state index is 5.77. The fraction of sp³-hybridized carbons (Fsp3) is 0.538. The van der Waals surface area contributed by atoms with Crippen LogP contribution < -0.4 is 11.1 Å². The molecule has 1 aromatic heterocycles. The minimum atomic E-state index is 0.409. The third-order valence-corrected chi connectivity index (χ3v) is 3.35. The third-order valence-electron chi connectivity index (χ3n) is 3.13. The predicted molar refractivity (Wildman–Crippen MR) is 77.1 cm³/mol. The molecule has 1 aliphatic carbocycles. The van der Waals surface area contributed by atoms with Crippen molar-refractivity contribution >= 4 is 23.0 Å². The Morgan fingerprint density at radius 3 is 3.11 bits per heavy atom. The van der Waals surface area contributed by atoms with Gasteiger partial charge in [0.05, 0.1) is 5.56 Å². The zero-order valence-electron chi connectivity index (χ0n) is 10.7. The average molecular weight is 265 g/mol. The van der Waals surface area contributed by atoms with E-state index in [1.165, 1.54) is 17.7 Å². The van der Waals surface area contributed by atoms with Crippen LogP contribution in [0.3, 0.4) is 0 Å². The Morgan fingerprint density at radius 1 is 1.56 bits per heavy atom. The van der Waals surface area contributed by atoms with Gasteiger partial charge in [0.25, 0.3) is 0 Å². The highest BCUT2D eigenvalue weighted by molar-refractivity contribution is 7.80. The summed E-state index contributed by atoms with van der Waals surface area (Å²) in [6.07, 6.45) is 4.25. The number of ether oxygens (including phenoxy) is 1. The maximum absolute atomic E-state index is 5.77. The zero-order chi connectivity index (χ0) is 13.0. The van der Waals surface area contributed by atoms with Crippen LogP contribution in [-0.2, 0) is 17.6 Å². The molecule has 0 amide bonds. The highest BCUT2D eigenvalue weighted by Crippen LogP contribution is 2.25. The van der Waals surface area contributed by atoms with Crippen LogP contribution in [-0.4, -0.2) is 30.2 Å². The van der Waals surface area contributed by atoms with E-state index >= 15 is 0 Å². The topological polar surface area (TPSA) is 60.2 Å². The number of anilines is 1. The van der Waals surface area contributed by atoms with Gasteiger partial charge in [0, 0.05) is 26.0 Å². The number of hydrogen-bond acceptors (Lipinski definition) is 4. The number of methoxy groups -OCH3 is 1. The zero-order valence-corrected chi connectivity index (χ0v) is 11.5. The van der Waals surface area contributed by atoms with Crippen LogP contribution in [0.1, 0.15) is 29.7 Å². The lowest BCUT2D eigenvalue weighted by molar-refractivity contribution is 0.198. The first-order valence-corrected chi connectivity index (χ1v) is 6.68. The summed E-state index contributed by atoms with van der Waals surface area (Å²) in [5.74, 6) is 0.819. The van der Waals surface area contributed by atoms with Crippen LogP contribution in [0.15, 0.2) is 6.07 Å². The van der Waals surface area contributed by atoms with Crippen molar-refractivity contribution in [2.24, 2.45) is 5.73 Å². The quantitative estimate of drug-likeness (QED) is 0.605. The first-order chi connectivity index (χ1) is 8.72. The highest BCUT2D eigenvalue weighted by Gasteiger charge is 2.17. The monoisotopic (exact) mass is 265 g/mol. The summed E-state index contributed by atoms with van der Waals surface area (Å²) in [7, 11) is 1.70. The van der Waals surface area contributed by atoms with Crippen LogP contribution in [0, 0.1) is 0 Å². The van der Waals surface area contributed by atoms with Crippen molar-refractivity contribution in [1.82, 2.24) is 4.98 Å². The molecule has 0 fully saturated rings. The summed E-state index contributed by atoms with van der Waals surface area (Å²) in [4.78, 5) is 5.06. The van der Waals surface area contributed by atoms with Gasteiger partial charge in [-0.25, -0.2) is 4.98 Å². The largest absolute Gasteiger partial charge is 0.389 e. The normalized spacial score (nSPS) is 13.4. The van der Waals surface area contributed by atoms with Gasteiger partial charge in [-0.15, -0.1) is 0 Å². The maximum Gasteiger partial charge on any atom is 0.136 e. The van der Waals surface area contributed by atoms with Crippen molar-refractivity contribution in [3.05, 3.63) is 22.9 Å². The van der Waals surface area contributed by atoms with E-state index in [0.717, 1.165) is 43.8 Å². The Hall–Kier alpha value is -1.20. The van der Waals surface area contributed by atoms with Gasteiger partial charge < -0.3 is 15.8 Å². The van der Waals surface area contributed by atoms with Crippen LogP contribution in [0.5, 0.6) is 0 Å². The molecule has 3 N–H and O–H groups in total.